The van der Waals surface area contributed by atoms with Crippen molar-refractivity contribution in [2.24, 2.45) is 39.4 Å². The standard InChI is InChI=1S/C30H48O5/c1-17(15-18(31)23-25(4,5)34-23)29-14-13-28(8)27(7)12-9-20-24(2,3)21(33)10-11-26(20,6)22(27)19(32)16-30(28,29)35-29/h17-20,22-23,31-32H,9-16H2,1-8H3. The minimum absolute atomic E-state index is 0.0158. The lowest BCUT2D eigenvalue weighted by Gasteiger charge is -2.69. The molecule has 4 saturated carbocycles. The summed E-state index contributed by atoms with van der Waals surface area (Å²) in [7, 11) is 0. The highest BCUT2D eigenvalue weighted by Crippen LogP contribution is 2.84. The van der Waals surface area contributed by atoms with Crippen LogP contribution >= 0.6 is 0 Å². The first-order chi connectivity index (χ1) is 16.0. The largest absolute Gasteiger partial charge is 0.393 e. The third-order valence-corrected chi connectivity index (χ3v) is 13.5. The van der Waals surface area contributed by atoms with E-state index < -0.39 is 12.2 Å². The van der Waals surface area contributed by atoms with Gasteiger partial charge in [-0.2, -0.15) is 0 Å². The smallest absolute Gasteiger partial charge is 0.138 e. The number of Topliss-reactive ketones (excluding diaryl/α,β-unsaturated/α-hetero) is 1. The van der Waals surface area contributed by atoms with Crippen molar-refractivity contribution in [1.29, 1.82) is 0 Å². The molecule has 2 aliphatic heterocycles. The Kier molecular flexibility index (Phi) is 4.78. The molecule has 0 bridgehead atoms. The lowest BCUT2D eigenvalue weighted by molar-refractivity contribution is -0.242. The first-order valence-corrected chi connectivity index (χ1v) is 14.3. The molecular weight excluding hydrogens is 440 g/mol. The van der Waals surface area contributed by atoms with Gasteiger partial charge in [-0.25, -0.2) is 0 Å². The van der Waals surface area contributed by atoms with Gasteiger partial charge in [-0.3, -0.25) is 4.79 Å². The molecule has 5 nitrogen and oxygen atoms in total. The molecule has 0 aromatic heterocycles. The van der Waals surface area contributed by atoms with E-state index in [0.29, 0.717) is 31.0 Å². The zero-order valence-electron chi connectivity index (χ0n) is 23.2. The fourth-order valence-electron chi connectivity index (χ4n) is 11.4. The Labute approximate surface area is 211 Å². The van der Waals surface area contributed by atoms with Crippen molar-refractivity contribution in [3.8, 4) is 0 Å². The first kappa shape index (κ1) is 24.8. The molecule has 11 unspecified atom stereocenters. The Hall–Kier alpha value is -0.490. The monoisotopic (exact) mass is 488 g/mol. The van der Waals surface area contributed by atoms with Gasteiger partial charge >= 0.3 is 0 Å². The second kappa shape index (κ2) is 6.74. The third kappa shape index (κ3) is 2.68. The fourth-order valence-corrected chi connectivity index (χ4v) is 11.4. The molecule has 35 heavy (non-hydrogen) atoms. The average Bonchev–Trinajstić information content (AvgIpc) is 3.58. The second-order valence-corrected chi connectivity index (χ2v) is 15.4. The maximum absolute atomic E-state index is 12.9. The number of carbonyl (C=O) groups is 1. The van der Waals surface area contributed by atoms with Crippen molar-refractivity contribution in [2.75, 3.05) is 0 Å². The summed E-state index contributed by atoms with van der Waals surface area (Å²) in [6, 6.07) is 0. The number of hydrogen-bond donors (Lipinski definition) is 2. The Balaban J connectivity index is 1.32. The summed E-state index contributed by atoms with van der Waals surface area (Å²) < 4.78 is 12.6. The van der Waals surface area contributed by atoms with Crippen LogP contribution in [0.5, 0.6) is 0 Å². The zero-order chi connectivity index (χ0) is 25.6. The molecule has 5 heteroatoms. The van der Waals surface area contributed by atoms with E-state index in [9.17, 15) is 15.0 Å². The summed E-state index contributed by atoms with van der Waals surface area (Å²) in [6.45, 7) is 17.9. The van der Waals surface area contributed by atoms with Gasteiger partial charge in [0, 0.05) is 23.7 Å². The number of fused-ring (bicyclic) bond motifs is 4. The van der Waals surface area contributed by atoms with Gasteiger partial charge in [0.2, 0.25) is 0 Å². The molecule has 0 aromatic rings. The summed E-state index contributed by atoms with van der Waals surface area (Å²) in [6.07, 6.45) is 6.12. The highest BCUT2D eigenvalue weighted by atomic mass is 16.6. The average molecular weight is 489 g/mol. The summed E-state index contributed by atoms with van der Waals surface area (Å²) in [4.78, 5) is 12.9. The van der Waals surface area contributed by atoms with E-state index in [4.69, 9.17) is 9.47 Å². The number of ether oxygens (including phenoxy) is 2. The van der Waals surface area contributed by atoms with E-state index >= 15 is 0 Å². The van der Waals surface area contributed by atoms with E-state index in [1.54, 1.807) is 0 Å². The number of aliphatic hydroxyl groups is 2. The van der Waals surface area contributed by atoms with Crippen molar-refractivity contribution < 1.29 is 24.5 Å². The lowest BCUT2D eigenvalue weighted by Crippen LogP contribution is -2.69. The third-order valence-electron chi connectivity index (χ3n) is 13.5. The van der Waals surface area contributed by atoms with Crippen LogP contribution in [-0.4, -0.2) is 51.1 Å². The number of ketones is 1. The van der Waals surface area contributed by atoms with E-state index in [1.165, 1.54) is 0 Å². The second-order valence-electron chi connectivity index (χ2n) is 15.4. The van der Waals surface area contributed by atoms with Gasteiger partial charge in [0.05, 0.1) is 17.8 Å². The summed E-state index contributed by atoms with van der Waals surface area (Å²) in [5, 5.41) is 22.9. The molecule has 2 saturated heterocycles. The number of rotatable bonds is 4. The number of carbonyl (C=O) groups excluding carboxylic acids is 1. The molecule has 0 aromatic carbocycles. The van der Waals surface area contributed by atoms with Crippen LogP contribution in [0.25, 0.3) is 0 Å². The predicted molar refractivity (Wildman–Crippen MR) is 134 cm³/mol. The lowest BCUT2D eigenvalue weighted by atomic mass is 9.35. The van der Waals surface area contributed by atoms with Gasteiger partial charge < -0.3 is 19.7 Å². The minimum atomic E-state index is -0.476. The molecule has 11 atom stereocenters. The van der Waals surface area contributed by atoms with Crippen molar-refractivity contribution in [3.63, 3.8) is 0 Å². The van der Waals surface area contributed by atoms with Crippen LogP contribution in [0, 0.1) is 39.4 Å². The van der Waals surface area contributed by atoms with Crippen LogP contribution in [-0.2, 0) is 14.3 Å². The molecule has 6 aliphatic rings. The highest BCUT2D eigenvalue weighted by Gasteiger charge is 2.88. The highest BCUT2D eigenvalue weighted by molar-refractivity contribution is 5.85. The van der Waals surface area contributed by atoms with E-state index in [0.717, 1.165) is 32.1 Å². The molecule has 4 aliphatic carbocycles. The van der Waals surface area contributed by atoms with Crippen LogP contribution < -0.4 is 0 Å². The van der Waals surface area contributed by atoms with Crippen LogP contribution in [0.15, 0.2) is 0 Å². The quantitative estimate of drug-likeness (QED) is 0.541. The molecule has 1 spiro atoms. The Bertz CT molecular complexity index is 958. The van der Waals surface area contributed by atoms with Crippen LogP contribution in [0.2, 0.25) is 0 Å². The van der Waals surface area contributed by atoms with Crippen LogP contribution in [0.3, 0.4) is 0 Å². The van der Waals surface area contributed by atoms with Crippen LogP contribution in [0.4, 0.5) is 0 Å². The first-order valence-electron chi connectivity index (χ1n) is 14.3. The summed E-state index contributed by atoms with van der Waals surface area (Å²) in [5.74, 6) is 1.11. The molecule has 2 heterocycles. The SMILES string of the molecule is CC(CC(O)C1OC1(C)C)C12CCC3(C)C4(C)CCC5C(C)(C)C(=O)CCC5(C)C4C(O)CC13O2. The molecular formula is C30H48O5. The normalized spacial score (nSPS) is 56.8. The van der Waals surface area contributed by atoms with Gasteiger partial charge in [0.15, 0.2) is 0 Å². The molecule has 2 N–H and O–H groups in total. The Morgan fingerprint density at radius 2 is 1.69 bits per heavy atom. The van der Waals surface area contributed by atoms with Gasteiger partial charge in [-0.1, -0.05) is 41.5 Å². The van der Waals surface area contributed by atoms with Gasteiger partial charge in [-0.05, 0) is 81.0 Å². The molecule has 198 valence electrons. The molecule has 6 fully saturated rings. The maximum Gasteiger partial charge on any atom is 0.138 e. The molecule has 0 radical (unpaired) electrons. The Morgan fingerprint density at radius 1 is 1.03 bits per heavy atom. The summed E-state index contributed by atoms with van der Waals surface area (Å²) in [5.41, 5.74) is -1.20. The molecule has 6 rings (SSSR count). The topological polar surface area (TPSA) is 82.6 Å². The summed E-state index contributed by atoms with van der Waals surface area (Å²) >= 11 is 0. The van der Waals surface area contributed by atoms with E-state index in [-0.39, 0.29) is 56.4 Å². The fraction of sp³-hybridized carbons (Fsp3) is 0.967. The number of hydrogen-bond acceptors (Lipinski definition) is 5. The minimum Gasteiger partial charge on any atom is -0.393 e. The van der Waals surface area contributed by atoms with Crippen molar-refractivity contribution in [3.05, 3.63) is 0 Å². The predicted octanol–water partition coefficient (Wildman–Crippen LogP) is 5.05. The van der Waals surface area contributed by atoms with E-state index in [2.05, 4.69) is 41.5 Å². The zero-order valence-corrected chi connectivity index (χ0v) is 23.2. The van der Waals surface area contributed by atoms with Gasteiger partial charge in [0.25, 0.3) is 0 Å². The van der Waals surface area contributed by atoms with Gasteiger partial charge in [0.1, 0.15) is 23.1 Å². The number of aliphatic hydroxyl groups excluding tert-OH is 2. The van der Waals surface area contributed by atoms with E-state index in [1.807, 2.05) is 13.8 Å². The maximum atomic E-state index is 12.9. The van der Waals surface area contributed by atoms with Crippen molar-refractivity contribution >= 4 is 5.78 Å². The van der Waals surface area contributed by atoms with Crippen molar-refractivity contribution in [2.45, 2.75) is 142 Å². The van der Waals surface area contributed by atoms with Crippen LogP contribution in [0.1, 0.15) is 107 Å². The number of epoxide rings is 2. The Morgan fingerprint density at radius 3 is 2.31 bits per heavy atom. The van der Waals surface area contributed by atoms with Crippen molar-refractivity contribution in [1.82, 2.24) is 0 Å². The molecule has 0 amide bonds. The van der Waals surface area contributed by atoms with Gasteiger partial charge in [-0.15, -0.1) is 0 Å².